The summed E-state index contributed by atoms with van der Waals surface area (Å²) in [4.78, 5) is 28.3. The number of nitrogens with zero attached hydrogens (tertiary/aromatic N) is 2. The van der Waals surface area contributed by atoms with E-state index < -0.39 is 0 Å². The van der Waals surface area contributed by atoms with Crippen LogP contribution in [0, 0.1) is 0 Å². The van der Waals surface area contributed by atoms with Crippen molar-refractivity contribution in [2.24, 2.45) is 0 Å². The summed E-state index contributed by atoms with van der Waals surface area (Å²) < 4.78 is 6.91. The predicted octanol–water partition coefficient (Wildman–Crippen LogP) is 2.18. The Morgan fingerprint density at radius 2 is 1.86 bits per heavy atom. The summed E-state index contributed by atoms with van der Waals surface area (Å²) in [5.74, 6) is -0.301. The van der Waals surface area contributed by atoms with Crippen molar-refractivity contribution in [3.63, 3.8) is 0 Å². The highest BCUT2D eigenvalue weighted by molar-refractivity contribution is 9.11. The number of amides is 2. The number of imide groups is 1. The van der Waals surface area contributed by atoms with Gasteiger partial charge in [0.15, 0.2) is 0 Å². The van der Waals surface area contributed by atoms with Crippen LogP contribution in [0.15, 0.2) is 27.1 Å². The van der Waals surface area contributed by atoms with Gasteiger partial charge in [0, 0.05) is 22.0 Å². The number of ether oxygens (including phenoxy) is 1. The van der Waals surface area contributed by atoms with Crippen molar-refractivity contribution in [1.82, 2.24) is 4.90 Å². The molecule has 2 aliphatic rings. The van der Waals surface area contributed by atoms with Gasteiger partial charge in [-0.3, -0.25) is 14.5 Å². The minimum absolute atomic E-state index is 0.148. The maximum Gasteiger partial charge on any atom is 0.251 e. The highest BCUT2D eigenvalue weighted by Crippen LogP contribution is 2.33. The summed E-state index contributed by atoms with van der Waals surface area (Å²) in [7, 11) is 0. The summed E-state index contributed by atoms with van der Waals surface area (Å²) in [5, 5.41) is 0. The zero-order chi connectivity index (χ0) is 15.0. The van der Waals surface area contributed by atoms with Crippen LogP contribution in [0.5, 0.6) is 0 Å². The first-order chi connectivity index (χ1) is 10.1. The van der Waals surface area contributed by atoms with E-state index >= 15 is 0 Å². The van der Waals surface area contributed by atoms with E-state index in [1.807, 2.05) is 17.0 Å². The Morgan fingerprint density at radius 3 is 2.52 bits per heavy atom. The van der Waals surface area contributed by atoms with Crippen LogP contribution >= 0.6 is 31.9 Å². The van der Waals surface area contributed by atoms with Gasteiger partial charge in [-0.1, -0.05) is 15.9 Å². The lowest BCUT2D eigenvalue weighted by Gasteiger charge is -2.30. The van der Waals surface area contributed by atoms with Gasteiger partial charge < -0.3 is 4.74 Å². The van der Waals surface area contributed by atoms with Crippen LogP contribution in [0.2, 0.25) is 0 Å². The number of carbonyl (C=O) groups is 2. The molecule has 0 aromatic heterocycles. The molecule has 2 saturated heterocycles. The Balaban J connectivity index is 1.86. The van der Waals surface area contributed by atoms with Crippen molar-refractivity contribution in [2.45, 2.75) is 12.5 Å². The molecule has 1 atom stereocenters. The van der Waals surface area contributed by atoms with Gasteiger partial charge in [0.1, 0.15) is 0 Å². The third-order valence-corrected chi connectivity index (χ3v) is 4.89. The molecule has 0 unspecified atom stereocenters. The topological polar surface area (TPSA) is 49.9 Å². The molecular formula is C14H14Br2N2O3. The van der Waals surface area contributed by atoms with E-state index in [1.54, 1.807) is 6.07 Å². The molecule has 5 nitrogen and oxygen atoms in total. The number of hydrogen-bond donors (Lipinski definition) is 0. The number of hydrogen-bond acceptors (Lipinski definition) is 4. The van der Waals surface area contributed by atoms with Crippen molar-refractivity contribution in [3.8, 4) is 0 Å². The molecule has 2 fully saturated rings. The zero-order valence-corrected chi connectivity index (χ0v) is 14.4. The molecule has 2 heterocycles. The Morgan fingerprint density at radius 1 is 1.14 bits per heavy atom. The molecule has 1 aromatic rings. The van der Waals surface area contributed by atoms with E-state index in [0.29, 0.717) is 32.0 Å². The van der Waals surface area contributed by atoms with E-state index in [9.17, 15) is 9.59 Å². The SMILES string of the molecule is O=C1C[C@@H](N2CCOCC2)C(=O)N1c1ccc(Br)cc1Br. The molecule has 112 valence electrons. The molecule has 0 bridgehead atoms. The maximum absolute atomic E-state index is 12.6. The number of halogens is 2. The van der Waals surface area contributed by atoms with Gasteiger partial charge >= 0.3 is 0 Å². The highest BCUT2D eigenvalue weighted by Gasteiger charge is 2.43. The van der Waals surface area contributed by atoms with Gasteiger partial charge in [-0.05, 0) is 34.1 Å². The van der Waals surface area contributed by atoms with Crippen molar-refractivity contribution in [3.05, 3.63) is 27.1 Å². The molecule has 3 rings (SSSR count). The smallest absolute Gasteiger partial charge is 0.251 e. The fourth-order valence-electron chi connectivity index (χ4n) is 2.71. The minimum Gasteiger partial charge on any atom is -0.379 e. The van der Waals surface area contributed by atoms with E-state index in [2.05, 4.69) is 31.9 Å². The quantitative estimate of drug-likeness (QED) is 0.692. The second-order valence-electron chi connectivity index (χ2n) is 5.03. The maximum atomic E-state index is 12.6. The summed E-state index contributed by atoms with van der Waals surface area (Å²) in [5.41, 5.74) is 0.601. The summed E-state index contributed by atoms with van der Waals surface area (Å²) in [6.07, 6.45) is 0.237. The fourth-order valence-corrected chi connectivity index (χ4v) is 3.93. The lowest BCUT2D eigenvalue weighted by molar-refractivity contribution is -0.123. The van der Waals surface area contributed by atoms with Gasteiger partial charge in [-0.25, -0.2) is 4.90 Å². The molecule has 2 aliphatic heterocycles. The van der Waals surface area contributed by atoms with E-state index in [1.165, 1.54) is 4.90 Å². The second-order valence-corrected chi connectivity index (χ2v) is 6.80. The molecular weight excluding hydrogens is 404 g/mol. The first-order valence-corrected chi connectivity index (χ1v) is 8.30. The van der Waals surface area contributed by atoms with Crippen molar-refractivity contribution in [1.29, 1.82) is 0 Å². The average molecular weight is 418 g/mol. The second kappa shape index (κ2) is 6.16. The van der Waals surface area contributed by atoms with Gasteiger partial charge in [-0.15, -0.1) is 0 Å². The molecule has 0 N–H and O–H groups in total. The van der Waals surface area contributed by atoms with Gasteiger partial charge in [0.05, 0.1) is 31.4 Å². The Hall–Kier alpha value is -0.760. The largest absolute Gasteiger partial charge is 0.379 e. The molecule has 0 aliphatic carbocycles. The van der Waals surface area contributed by atoms with Crippen LogP contribution in [0.3, 0.4) is 0 Å². The van der Waals surface area contributed by atoms with Crippen molar-refractivity contribution >= 4 is 49.4 Å². The lowest BCUT2D eigenvalue weighted by Crippen LogP contribution is -2.47. The molecule has 0 spiro atoms. The Bertz CT molecular complexity index is 588. The number of anilines is 1. The molecule has 0 radical (unpaired) electrons. The number of carbonyl (C=O) groups excluding carboxylic acids is 2. The van der Waals surface area contributed by atoms with Crippen LogP contribution in [0.1, 0.15) is 6.42 Å². The zero-order valence-electron chi connectivity index (χ0n) is 11.2. The first-order valence-electron chi connectivity index (χ1n) is 6.71. The summed E-state index contributed by atoms with van der Waals surface area (Å²) >= 11 is 6.79. The highest BCUT2D eigenvalue weighted by atomic mass is 79.9. The van der Waals surface area contributed by atoms with Crippen LogP contribution in [-0.2, 0) is 14.3 Å². The van der Waals surface area contributed by atoms with Gasteiger partial charge in [-0.2, -0.15) is 0 Å². The summed E-state index contributed by atoms with van der Waals surface area (Å²) in [6.45, 7) is 2.61. The normalized spacial score (nSPS) is 23.9. The molecule has 2 amide bonds. The number of morpholine rings is 1. The monoisotopic (exact) mass is 416 g/mol. The average Bonchev–Trinajstić information content (AvgIpc) is 2.76. The third kappa shape index (κ3) is 2.92. The van der Waals surface area contributed by atoms with Crippen LogP contribution in [-0.4, -0.2) is 49.1 Å². The van der Waals surface area contributed by atoms with E-state index in [0.717, 1.165) is 8.95 Å². The fraction of sp³-hybridized carbons (Fsp3) is 0.429. The predicted molar refractivity (Wildman–Crippen MR) is 85.1 cm³/mol. The van der Waals surface area contributed by atoms with Gasteiger partial charge in [0.25, 0.3) is 5.91 Å². The van der Waals surface area contributed by atoms with Crippen molar-refractivity contribution in [2.75, 3.05) is 31.2 Å². The molecule has 1 aromatic carbocycles. The Labute approximate surface area is 139 Å². The standard InChI is InChI=1S/C14H14Br2N2O3/c15-9-1-2-11(10(16)7-9)18-13(19)8-12(14(18)20)17-3-5-21-6-4-17/h1-2,7,12H,3-6,8H2/t12-/m1/s1. The van der Waals surface area contributed by atoms with Crippen molar-refractivity contribution < 1.29 is 14.3 Å². The molecule has 21 heavy (non-hydrogen) atoms. The van der Waals surface area contributed by atoms with E-state index in [-0.39, 0.29) is 24.3 Å². The summed E-state index contributed by atoms with van der Waals surface area (Å²) in [6, 6.07) is 5.06. The first kappa shape index (κ1) is 15.1. The van der Waals surface area contributed by atoms with E-state index in [4.69, 9.17) is 4.74 Å². The third-order valence-electron chi connectivity index (χ3n) is 3.76. The van der Waals surface area contributed by atoms with Crippen LogP contribution in [0.25, 0.3) is 0 Å². The number of benzene rings is 1. The number of rotatable bonds is 2. The minimum atomic E-state index is -0.364. The van der Waals surface area contributed by atoms with Gasteiger partial charge in [0.2, 0.25) is 5.91 Å². The molecule has 0 saturated carbocycles. The molecule has 7 heteroatoms. The van der Waals surface area contributed by atoms with Crippen LogP contribution in [0.4, 0.5) is 5.69 Å². The lowest BCUT2D eigenvalue weighted by atomic mass is 10.2. The van der Waals surface area contributed by atoms with Crippen LogP contribution < -0.4 is 4.90 Å². The Kier molecular flexibility index (Phi) is 4.44.